The van der Waals surface area contributed by atoms with Gasteiger partial charge in [-0.15, -0.1) is 0 Å². The molecule has 3 saturated heterocycles. The third kappa shape index (κ3) is 24.6. The first-order valence-corrected chi connectivity index (χ1v) is 40.9. The van der Waals surface area contributed by atoms with Gasteiger partial charge in [-0.1, -0.05) is 254 Å². The van der Waals surface area contributed by atoms with Crippen LogP contribution in [0.25, 0.3) is 10.8 Å². The van der Waals surface area contributed by atoms with Crippen LogP contribution in [0.15, 0.2) is 273 Å². The number of carbonyl (C=O) groups is 6. The summed E-state index contributed by atoms with van der Waals surface area (Å²) in [6.07, 6.45) is 6.33. The second-order valence-electron chi connectivity index (χ2n) is 29.5. The van der Waals surface area contributed by atoms with Crippen LogP contribution in [-0.4, -0.2) is 165 Å². The van der Waals surface area contributed by atoms with E-state index < -0.39 is 0 Å². The summed E-state index contributed by atoms with van der Waals surface area (Å²) in [6.45, 7) is 6.62. The molecule has 18 nitrogen and oxygen atoms in total. The highest BCUT2D eigenvalue weighted by Crippen LogP contribution is 2.32. The van der Waals surface area contributed by atoms with Gasteiger partial charge in [-0.25, -0.2) is 0 Å². The predicted octanol–water partition coefficient (Wildman–Crippen LogP) is 13.1. The molecule has 0 spiro atoms. The smallest absolute Gasteiger partial charge is 0.251 e. The molecule has 13 rings (SSSR count). The van der Waals surface area contributed by atoms with Crippen LogP contribution in [0, 0.1) is 0 Å². The molecular weight excluding hydrogens is 1460 g/mol. The largest absolute Gasteiger partial charge is 0.352 e. The Hall–Kier alpha value is -10.4. The van der Waals surface area contributed by atoms with Crippen molar-refractivity contribution < 1.29 is 28.8 Å². The maximum absolute atomic E-state index is 13.7. The zero-order valence-corrected chi connectivity index (χ0v) is 66.3. The van der Waals surface area contributed by atoms with Crippen LogP contribution in [0.3, 0.4) is 0 Å². The maximum Gasteiger partial charge on any atom is 0.251 e. The van der Waals surface area contributed by atoms with Gasteiger partial charge < -0.3 is 63.8 Å². The molecule has 10 aromatic rings. The number of hydrogen-bond acceptors (Lipinski definition) is 12. The molecule has 114 heavy (non-hydrogen) atoms. The van der Waals surface area contributed by atoms with Gasteiger partial charge in [0, 0.05) is 111 Å². The first-order valence-electron chi connectivity index (χ1n) is 40.1. The summed E-state index contributed by atoms with van der Waals surface area (Å²) in [4.78, 5) is 84.7. The van der Waals surface area contributed by atoms with E-state index >= 15 is 0 Å². The second-order valence-corrected chi connectivity index (χ2v) is 30.3. The van der Waals surface area contributed by atoms with Crippen molar-refractivity contribution in [3.63, 3.8) is 0 Å². The van der Waals surface area contributed by atoms with E-state index in [1.54, 1.807) is 18.2 Å². The van der Waals surface area contributed by atoms with Crippen molar-refractivity contribution in [2.45, 2.75) is 112 Å². The lowest BCUT2D eigenvalue weighted by molar-refractivity contribution is -0.133. The Bertz CT molecular complexity index is 4520. The molecule has 12 N–H and O–H groups in total. The van der Waals surface area contributed by atoms with Gasteiger partial charge in [0.25, 0.3) is 17.7 Å². The van der Waals surface area contributed by atoms with Crippen LogP contribution < -0.4 is 49.1 Å². The van der Waals surface area contributed by atoms with Crippen molar-refractivity contribution >= 4 is 69.4 Å². The molecule has 3 aliphatic rings. The highest BCUT2D eigenvalue weighted by atomic mass is 35.5. The van der Waals surface area contributed by atoms with Crippen molar-refractivity contribution in [1.82, 2.24) is 46.6 Å². The lowest BCUT2D eigenvalue weighted by atomic mass is 9.90. The number of nitrogens with two attached hydrogens (primary N) is 3. The van der Waals surface area contributed by atoms with E-state index in [9.17, 15) is 28.8 Å². The van der Waals surface area contributed by atoms with E-state index in [1.807, 2.05) is 172 Å². The number of rotatable bonds is 30. The number of halogens is 2. The fraction of sp³-hybridized carbons (Fsp3) is 0.319. The molecule has 0 unspecified atom stereocenters. The third-order valence-electron chi connectivity index (χ3n) is 21.7. The lowest BCUT2D eigenvalue weighted by Gasteiger charge is -2.29. The molecule has 6 amide bonds. The topological polar surface area (TPSA) is 262 Å². The lowest BCUT2D eigenvalue weighted by Crippen LogP contribution is -2.48. The highest BCUT2D eigenvalue weighted by Gasteiger charge is 2.36. The molecule has 3 fully saturated rings. The Morgan fingerprint density at radius 3 is 0.930 bits per heavy atom. The van der Waals surface area contributed by atoms with Gasteiger partial charge in [-0.2, -0.15) is 0 Å². The predicted molar refractivity (Wildman–Crippen MR) is 459 cm³/mol. The number of nitrogens with zero attached hydrogens (tertiary/aromatic N) is 3. The SMILES string of the molecule is NCC[C@@H]1N[C@H](CCNC(=O)c2ccc(Cl)c(Cl)c2)CCN(CC(c2ccccc2)c2ccccc2)C1=O.NCC[C@@H]1N[C@H](CCNC(=O)c2ccc3ccccc3c2)CCN(CC(c2ccccc2)c2ccccc2)C1=O.NCC[C@@H]1N[C@H](CCNC(=O)c2ccccc2)CCN(CC(c2ccccc2)c2ccccc2)C1=O. The average Bonchev–Trinajstić information content (AvgIpc) is 1.38. The normalized spacial score (nSPS) is 17.9. The summed E-state index contributed by atoms with van der Waals surface area (Å²) in [7, 11) is 0. The molecular formula is C94H108Cl2N12O6. The average molecular weight is 1570 g/mol. The molecule has 0 bridgehead atoms. The summed E-state index contributed by atoms with van der Waals surface area (Å²) in [5.74, 6) is 0.175. The van der Waals surface area contributed by atoms with Crippen molar-refractivity contribution in [1.29, 1.82) is 0 Å². The summed E-state index contributed by atoms with van der Waals surface area (Å²) in [5.41, 5.74) is 26.6. The summed E-state index contributed by atoms with van der Waals surface area (Å²) < 4.78 is 0. The Morgan fingerprint density at radius 1 is 0.333 bits per heavy atom. The van der Waals surface area contributed by atoms with Gasteiger partial charge >= 0.3 is 0 Å². The molecule has 3 heterocycles. The first kappa shape index (κ1) is 84.5. The molecule has 594 valence electrons. The molecule has 0 radical (unpaired) electrons. The molecule has 0 aliphatic carbocycles. The van der Waals surface area contributed by atoms with Crippen molar-refractivity contribution in [2.24, 2.45) is 17.2 Å². The Balaban J connectivity index is 0.000000169. The van der Waals surface area contributed by atoms with Crippen LogP contribution in [0.1, 0.15) is 140 Å². The van der Waals surface area contributed by atoms with Gasteiger partial charge in [0.15, 0.2) is 0 Å². The Kier molecular flexibility index (Phi) is 32.9. The minimum atomic E-state index is -0.356. The molecule has 6 atom stereocenters. The second kappa shape index (κ2) is 44.3. The summed E-state index contributed by atoms with van der Waals surface area (Å²) in [5, 5.41) is 22.6. The van der Waals surface area contributed by atoms with E-state index in [-0.39, 0.29) is 89.4 Å². The standard InChI is InChI=1S/C34H38N4O2.C30H34Cl2N4O2.C30H36N4O2/c35-20-17-32-34(40)38(24-31(26-10-3-1-4-11-26)27-12-5-2-6-13-27)22-19-30(37-32)18-21-36-33(39)29-16-15-25-9-7-8-14-28(25)23-29;31-26-12-11-23(19-27(26)32)29(37)34-17-14-24-15-18-36(30(38)28(35-24)13-16-33)20-25(21-7-3-1-4-8-21)22-9-5-2-6-10-22;31-19-16-28-30(36)34(22-27(23-10-4-1-5-11-23)24-12-6-2-7-13-24)21-18-26(33-28)17-20-32-29(35)25-14-8-3-9-15-25/h1-16,23,30-32,37H,17-22,24,35H2,(H,36,39);1-12,19,24-25,28,35H,13-18,20,33H2,(H,34,37);1-15,26-28,33H,16-22,31H2,(H,32,35)/t30-,32+;24-,28+;26-,28+/m111/s1. The molecule has 0 saturated carbocycles. The molecule has 0 aromatic heterocycles. The number of hydrogen-bond donors (Lipinski definition) is 9. The van der Waals surface area contributed by atoms with E-state index in [0.717, 1.165) is 42.9 Å². The van der Waals surface area contributed by atoms with Crippen molar-refractivity contribution in [3.8, 4) is 0 Å². The summed E-state index contributed by atoms with van der Waals surface area (Å²) >= 11 is 12.0. The minimum Gasteiger partial charge on any atom is -0.352 e. The van der Waals surface area contributed by atoms with Gasteiger partial charge in [0.1, 0.15) is 0 Å². The molecule has 3 aliphatic heterocycles. The highest BCUT2D eigenvalue weighted by molar-refractivity contribution is 6.42. The maximum atomic E-state index is 13.7. The monoisotopic (exact) mass is 1570 g/mol. The van der Waals surface area contributed by atoms with E-state index in [0.29, 0.717) is 131 Å². The summed E-state index contributed by atoms with van der Waals surface area (Å²) in [6, 6.07) is 89.4. The Labute approximate surface area is 681 Å². The van der Waals surface area contributed by atoms with Crippen molar-refractivity contribution in [2.75, 3.05) is 78.5 Å². The van der Waals surface area contributed by atoms with E-state index in [1.165, 1.54) is 33.4 Å². The van der Waals surface area contributed by atoms with Crippen LogP contribution in [0.2, 0.25) is 10.0 Å². The quantitative estimate of drug-likeness (QED) is 0.0204. The van der Waals surface area contributed by atoms with Gasteiger partial charge in [-0.05, 0) is 164 Å². The van der Waals surface area contributed by atoms with E-state index in [2.05, 4.69) is 129 Å². The van der Waals surface area contributed by atoms with Crippen LogP contribution in [0.5, 0.6) is 0 Å². The third-order valence-corrected chi connectivity index (χ3v) is 22.5. The molecule has 10 aromatic carbocycles. The first-order chi connectivity index (χ1) is 55.7. The van der Waals surface area contributed by atoms with Crippen LogP contribution in [0.4, 0.5) is 0 Å². The number of fused-ring (bicyclic) bond motifs is 1. The molecule has 20 heteroatoms. The van der Waals surface area contributed by atoms with E-state index in [4.69, 9.17) is 40.4 Å². The minimum absolute atomic E-state index is 0.0708. The number of benzene rings is 10. The zero-order chi connectivity index (χ0) is 79.8. The number of amides is 6. The van der Waals surface area contributed by atoms with Gasteiger partial charge in [0.05, 0.1) is 28.2 Å². The number of carbonyl (C=O) groups excluding carboxylic acids is 6. The zero-order valence-electron chi connectivity index (χ0n) is 64.8. The fourth-order valence-electron chi connectivity index (χ4n) is 15.5. The number of nitrogens with one attached hydrogen (secondary N) is 6. The van der Waals surface area contributed by atoms with Crippen molar-refractivity contribution in [3.05, 3.63) is 333 Å². The van der Waals surface area contributed by atoms with Gasteiger partial charge in [0.2, 0.25) is 17.7 Å². The fourth-order valence-corrected chi connectivity index (χ4v) is 15.8. The van der Waals surface area contributed by atoms with Gasteiger partial charge in [-0.3, -0.25) is 28.8 Å². The van der Waals surface area contributed by atoms with Crippen LogP contribution in [-0.2, 0) is 14.4 Å². The van der Waals surface area contributed by atoms with Crippen LogP contribution >= 0.6 is 23.2 Å². The Morgan fingerprint density at radius 2 is 0.614 bits per heavy atom.